The summed E-state index contributed by atoms with van der Waals surface area (Å²) < 4.78 is 5.64. The van der Waals surface area contributed by atoms with Gasteiger partial charge in [0.1, 0.15) is 6.10 Å². The predicted molar refractivity (Wildman–Crippen MR) is 133 cm³/mol. The van der Waals surface area contributed by atoms with Crippen LogP contribution < -0.4 is 0 Å². The number of fused-ring (bicyclic) bond motifs is 4. The second-order valence-corrected chi connectivity index (χ2v) is 12.8. The Kier molecular flexibility index (Phi) is 6.74. The third-order valence-electron chi connectivity index (χ3n) is 10.8. The number of hydrogen-bond acceptors (Lipinski definition) is 2. The van der Waals surface area contributed by atoms with Gasteiger partial charge in [-0.3, -0.25) is 4.79 Å². The van der Waals surface area contributed by atoms with E-state index in [1.807, 2.05) is 11.1 Å². The van der Waals surface area contributed by atoms with E-state index >= 15 is 0 Å². The second kappa shape index (κ2) is 8.95. The molecule has 0 aromatic carbocycles. The SMILES string of the molecule is CC(=O)OC1CCC2(C)C(CCC3=C4CCC(C(C)/C=C/C(C)C(C)C)C4(C)CCC32)C1. The molecule has 0 N–H and O–H groups in total. The fourth-order valence-corrected chi connectivity index (χ4v) is 8.38. The lowest BCUT2D eigenvalue weighted by Crippen LogP contribution is -2.48. The van der Waals surface area contributed by atoms with Crippen LogP contribution in [0.5, 0.6) is 0 Å². The summed E-state index contributed by atoms with van der Waals surface area (Å²) in [6, 6.07) is 0. The molecule has 0 spiro atoms. The first kappa shape index (κ1) is 24.1. The molecule has 4 rings (SSSR count). The molecule has 0 heterocycles. The first-order chi connectivity index (χ1) is 15.1. The molecule has 0 bridgehead atoms. The third-order valence-corrected chi connectivity index (χ3v) is 10.8. The van der Waals surface area contributed by atoms with Crippen molar-refractivity contribution < 1.29 is 9.53 Å². The van der Waals surface area contributed by atoms with Crippen molar-refractivity contribution in [3.8, 4) is 0 Å². The van der Waals surface area contributed by atoms with Crippen LogP contribution in [0, 0.1) is 46.3 Å². The summed E-state index contributed by atoms with van der Waals surface area (Å²) in [5.41, 5.74) is 4.57. The van der Waals surface area contributed by atoms with Gasteiger partial charge in [0, 0.05) is 6.92 Å². The molecule has 180 valence electrons. The molecule has 0 aliphatic heterocycles. The van der Waals surface area contributed by atoms with E-state index in [4.69, 9.17) is 4.74 Å². The van der Waals surface area contributed by atoms with Gasteiger partial charge in [0.05, 0.1) is 0 Å². The molecule has 3 fully saturated rings. The number of rotatable bonds is 5. The van der Waals surface area contributed by atoms with Crippen molar-refractivity contribution in [2.24, 2.45) is 46.3 Å². The van der Waals surface area contributed by atoms with Crippen LogP contribution in [0.2, 0.25) is 0 Å². The van der Waals surface area contributed by atoms with E-state index in [0.29, 0.717) is 22.7 Å². The molecule has 2 heteroatoms. The number of carbonyl (C=O) groups is 1. The lowest BCUT2D eigenvalue weighted by molar-refractivity contribution is -0.152. The number of carbonyl (C=O) groups excluding carboxylic acids is 1. The summed E-state index contributed by atoms with van der Waals surface area (Å²) in [7, 11) is 0. The van der Waals surface area contributed by atoms with E-state index in [1.54, 1.807) is 6.92 Å². The molecular weight excluding hydrogens is 392 g/mol. The highest BCUT2D eigenvalue weighted by molar-refractivity contribution is 5.66. The minimum absolute atomic E-state index is 0.103. The predicted octanol–water partition coefficient (Wildman–Crippen LogP) is 8.13. The Labute approximate surface area is 197 Å². The van der Waals surface area contributed by atoms with Crippen LogP contribution in [0.25, 0.3) is 0 Å². The largest absolute Gasteiger partial charge is 0.463 e. The zero-order chi connectivity index (χ0) is 23.3. The molecule has 2 nitrogen and oxygen atoms in total. The molecule has 8 atom stereocenters. The summed E-state index contributed by atoms with van der Waals surface area (Å²) in [5, 5.41) is 0. The molecular formula is C30H48O2. The molecule has 0 aromatic heterocycles. The normalized spacial score (nSPS) is 41.2. The highest BCUT2D eigenvalue weighted by Gasteiger charge is 2.55. The van der Waals surface area contributed by atoms with Gasteiger partial charge >= 0.3 is 5.97 Å². The van der Waals surface area contributed by atoms with E-state index in [1.165, 1.54) is 44.9 Å². The number of ether oxygens (including phenoxy) is 1. The number of allylic oxidation sites excluding steroid dienone is 4. The summed E-state index contributed by atoms with van der Waals surface area (Å²) in [4.78, 5) is 11.5. The van der Waals surface area contributed by atoms with E-state index < -0.39 is 0 Å². The molecule has 0 aromatic rings. The second-order valence-electron chi connectivity index (χ2n) is 12.8. The maximum Gasteiger partial charge on any atom is 0.302 e. The minimum atomic E-state index is -0.103. The molecule has 8 unspecified atom stereocenters. The molecule has 3 saturated carbocycles. The Bertz CT molecular complexity index is 776. The average Bonchev–Trinajstić information content (AvgIpc) is 3.08. The van der Waals surface area contributed by atoms with E-state index in [9.17, 15) is 4.79 Å². The first-order valence-electron chi connectivity index (χ1n) is 13.6. The molecule has 32 heavy (non-hydrogen) atoms. The lowest BCUT2D eigenvalue weighted by Gasteiger charge is -2.57. The Morgan fingerprint density at radius 1 is 1.00 bits per heavy atom. The van der Waals surface area contributed by atoms with Gasteiger partial charge in [0.2, 0.25) is 0 Å². The fourth-order valence-electron chi connectivity index (χ4n) is 8.38. The summed E-state index contributed by atoms with van der Waals surface area (Å²) in [6.07, 6.45) is 16.6. The maximum absolute atomic E-state index is 11.5. The molecule has 0 radical (unpaired) electrons. The van der Waals surface area contributed by atoms with Gasteiger partial charge in [-0.05, 0) is 104 Å². The summed E-state index contributed by atoms with van der Waals surface area (Å²) >= 11 is 0. The molecule has 0 amide bonds. The summed E-state index contributed by atoms with van der Waals surface area (Å²) in [6.45, 7) is 16.3. The highest BCUT2D eigenvalue weighted by atomic mass is 16.5. The monoisotopic (exact) mass is 440 g/mol. The first-order valence-corrected chi connectivity index (χ1v) is 13.6. The lowest BCUT2D eigenvalue weighted by atomic mass is 9.49. The Morgan fingerprint density at radius 2 is 1.75 bits per heavy atom. The van der Waals surface area contributed by atoms with Gasteiger partial charge in [-0.15, -0.1) is 0 Å². The van der Waals surface area contributed by atoms with Crippen molar-refractivity contribution in [2.45, 2.75) is 112 Å². The highest BCUT2D eigenvalue weighted by Crippen LogP contribution is 2.65. The molecule has 4 aliphatic rings. The van der Waals surface area contributed by atoms with Crippen LogP contribution >= 0.6 is 0 Å². The maximum atomic E-state index is 11.5. The summed E-state index contributed by atoms with van der Waals surface area (Å²) in [5.74, 6) is 4.24. The Balaban J connectivity index is 1.53. The van der Waals surface area contributed by atoms with Crippen molar-refractivity contribution in [2.75, 3.05) is 0 Å². The van der Waals surface area contributed by atoms with Crippen molar-refractivity contribution in [1.82, 2.24) is 0 Å². The Hall–Kier alpha value is -1.05. The standard InChI is InChI=1S/C30H48O2/c1-19(2)20(3)8-9-21(4)26-12-13-27-25-11-10-23-18-24(32-22(5)31)14-16-29(23,6)28(25)15-17-30(26,27)7/h8-9,19-21,23-24,26,28H,10-18H2,1-7H3/b9-8+. The van der Waals surface area contributed by atoms with Crippen LogP contribution in [0.3, 0.4) is 0 Å². The third kappa shape index (κ3) is 4.14. The number of hydrogen-bond donors (Lipinski definition) is 0. The van der Waals surface area contributed by atoms with Gasteiger partial charge in [0.25, 0.3) is 0 Å². The zero-order valence-corrected chi connectivity index (χ0v) is 21.9. The fraction of sp³-hybridized carbons (Fsp3) is 0.833. The average molecular weight is 441 g/mol. The van der Waals surface area contributed by atoms with Gasteiger partial charge in [-0.2, -0.15) is 0 Å². The van der Waals surface area contributed by atoms with E-state index in [2.05, 4.69) is 53.7 Å². The van der Waals surface area contributed by atoms with Crippen molar-refractivity contribution in [3.63, 3.8) is 0 Å². The smallest absolute Gasteiger partial charge is 0.302 e. The molecule has 0 saturated heterocycles. The van der Waals surface area contributed by atoms with E-state index in [-0.39, 0.29) is 12.1 Å². The van der Waals surface area contributed by atoms with Gasteiger partial charge in [0.15, 0.2) is 0 Å². The minimum Gasteiger partial charge on any atom is -0.463 e. The van der Waals surface area contributed by atoms with Gasteiger partial charge in [-0.1, -0.05) is 64.8 Å². The topological polar surface area (TPSA) is 26.3 Å². The zero-order valence-electron chi connectivity index (χ0n) is 21.9. The van der Waals surface area contributed by atoms with Crippen LogP contribution in [0.4, 0.5) is 0 Å². The van der Waals surface area contributed by atoms with Crippen molar-refractivity contribution >= 4 is 5.97 Å². The van der Waals surface area contributed by atoms with Crippen molar-refractivity contribution in [1.29, 1.82) is 0 Å². The van der Waals surface area contributed by atoms with Crippen LogP contribution in [-0.4, -0.2) is 12.1 Å². The van der Waals surface area contributed by atoms with Crippen LogP contribution in [-0.2, 0) is 9.53 Å². The van der Waals surface area contributed by atoms with Crippen LogP contribution in [0.15, 0.2) is 23.3 Å². The number of esters is 1. The van der Waals surface area contributed by atoms with E-state index in [0.717, 1.165) is 36.5 Å². The van der Waals surface area contributed by atoms with Crippen LogP contribution in [0.1, 0.15) is 106 Å². The quantitative estimate of drug-likeness (QED) is 0.318. The molecule has 4 aliphatic carbocycles. The van der Waals surface area contributed by atoms with Crippen molar-refractivity contribution in [3.05, 3.63) is 23.3 Å². The van der Waals surface area contributed by atoms with Gasteiger partial charge in [-0.25, -0.2) is 0 Å². The Morgan fingerprint density at radius 3 is 2.44 bits per heavy atom. The van der Waals surface area contributed by atoms with Gasteiger partial charge < -0.3 is 4.74 Å².